The van der Waals surface area contributed by atoms with Gasteiger partial charge in [-0.2, -0.15) is 0 Å². The molecule has 1 nitrogen and oxygen atoms in total. The molecule has 1 aliphatic heterocycles. The Labute approximate surface area is 133 Å². The average Bonchev–Trinajstić information content (AvgIpc) is 2.87. The Morgan fingerprint density at radius 3 is 2.80 bits per heavy atom. The highest BCUT2D eigenvalue weighted by Gasteiger charge is 2.27. The van der Waals surface area contributed by atoms with E-state index in [1.807, 2.05) is 23.9 Å². The standard InChI is InChI=1S/C16H15Cl2NS/c17-12-5-6-13(18)11(7-12)8-14(19)16-9-10-3-1-2-4-15(10)20-16/h1-7,14,16H,8-9,19H2. The van der Waals surface area contributed by atoms with Crippen LogP contribution in [0.2, 0.25) is 10.0 Å². The summed E-state index contributed by atoms with van der Waals surface area (Å²) in [6.45, 7) is 0. The van der Waals surface area contributed by atoms with Crippen LogP contribution in [-0.2, 0) is 12.8 Å². The smallest absolute Gasteiger partial charge is 0.0439 e. The molecule has 1 heterocycles. The van der Waals surface area contributed by atoms with Crippen LogP contribution in [0.3, 0.4) is 0 Å². The zero-order valence-corrected chi connectivity index (χ0v) is 13.2. The summed E-state index contributed by atoms with van der Waals surface area (Å²) in [5.41, 5.74) is 8.82. The van der Waals surface area contributed by atoms with Crippen LogP contribution in [0.4, 0.5) is 0 Å². The zero-order chi connectivity index (χ0) is 14.1. The third-order valence-electron chi connectivity index (χ3n) is 3.61. The highest BCUT2D eigenvalue weighted by atomic mass is 35.5. The molecule has 2 atom stereocenters. The van der Waals surface area contributed by atoms with E-state index in [1.54, 1.807) is 6.07 Å². The Morgan fingerprint density at radius 1 is 1.20 bits per heavy atom. The van der Waals surface area contributed by atoms with E-state index in [0.717, 1.165) is 23.4 Å². The maximum Gasteiger partial charge on any atom is 0.0439 e. The molecule has 1 aliphatic rings. The minimum atomic E-state index is 0.0726. The number of benzene rings is 2. The molecular formula is C16H15Cl2NS. The molecule has 20 heavy (non-hydrogen) atoms. The minimum Gasteiger partial charge on any atom is -0.326 e. The molecule has 0 saturated heterocycles. The molecule has 104 valence electrons. The van der Waals surface area contributed by atoms with Gasteiger partial charge in [0.05, 0.1) is 0 Å². The minimum absolute atomic E-state index is 0.0726. The van der Waals surface area contributed by atoms with Crippen LogP contribution in [0, 0.1) is 0 Å². The van der Waals surface area contributed by atoms with Gasteiger partial charge < -0.3 is 5.73 Å². The van der Waals surface area contributed by atoms with E-state index >= 15 is 0 Å². The van der Waals surface area contributed by atoms with Gasteiger partial charge in [-0.15, -0.1) is 11.8 Å². The van der Waals surface area contributed by atoms with Gasteiger partial charge in [-0.3, -0.25) is 0 Å². The second-order valence-electron chi connectivity index (χ2n) is 5.07. The van der Waals surface area contributed by atoms with Gasteiger partial charge in [0.1, 0.15) is 0 Å². The van der Waals surface area contributed by atoms with Crippen molar-refractivity contribution in [2.45, 2.75) is 29.0 Å². The molecule has 0 saturated carbocycles. The molecule has 0 bridgehead atoms. The van der Waals surface area contributed by atoms with E-state index in [9.17, 15) is 0 Å². The largest absolute Gasteiger partial charge is 0.326 e. The van der Waals surface area contributed by atoms with Crippen molar-refractivity contribution in [3.63, 3.8) is 0 Å². The van der Waals surface area contributed by atoms with E-state index in [-0.39, 0.29) is 6.04 Å². The first kappa shape index (κ1) is 14.3. The van der Waals surface area contributed by atoms with Crippen LogP contribution in [0.15, 0.2) is 47.4 Å². The van der Waals surface area contributed by atoms with E-state index in [4.69, 9.17) is 28.9 Å². The zero-order valence-electron chi connectivity index (χ0n) is 10.9. The third-order valence-corrected chi connectivity index (χ3v) is 5.69. The molecule has 0 radical (unpaired) electrons. The van der Waals surface area contributed by atoms with Gasteiger partial charge in [0, 0.05) is 26.2 Å². The number of fused-ring (bicyclic) bond motifs is 1. The summed E-state index contributed by atoms with van der Waals surface area (Å²) < 4.78 is 0. The maximum atomic E-state index is 6.39. The van der Waals surface area contributed by atoms with Crippen molar-refractivity contribution < 1.29 is 0 Å². The molecule has 0 aromatic heterocycles. The fourth-order valence-electron chi connectivity index (χ4n) is 2.53. The first-order valence-electron chi connectivity index (χ1n) is 6.57. The summed E-state index contributed by atoms with van der Waals surface area (Å²) in [4.78, 5) is 1.35. The quantitative estimate of drug-likeness (QED) is 0.894. The van der Waals surface area contributed by atoms with Crippen molar-refractivity contribution in [1.82, 2.24) is 0 Å². The summed E-state index contributed by atoms with van der Waals surface area (Å²) in [6, 6.07) is 14.1. The maximum absolute atomic E-state index is 6.39. The van der Waals surface area contributed by atoms with Crippen LogP contribution in [0.1, 0.15) is 11.1 Å². The summed E-state index contributed by atoms with van der Waals surface area (Å²) in [5, 5.41) is 1.85. The Bertz CT molecular complexity index is 605. The normalized spacial score (nSPS) is 18.9. The van der Waals surface area contributed by atoms with E-state index in [2.05, 4.69) is 24.3 Å². The lowest BCUT2D eigenvalue weighted by molar-refractivity contribution is 0.633. The predicted octanol–water partition coefficient (Wildman–Crippen LogP) is 4.58. The van der Waals surface area contributed by atoms with Gasteiger partial charge >= 0.3 is 0 Å². The van der Waals surface area contributed by atoms with Crippen LogP contribution in [0.5, 0.6) is 0 Å². The first-order valence-corrected chi connectivity index (χ1v) is 8.21. The number of halogens is 2. The Hall–Kier alpha value is -0.670. The molecule has 0 aliphatic carbocycles. The van der Waals surface area contributed by atoms with E-state index < -0.39 is 0 Å². The van der Waals surface area contributed by atoms with Crippen LogP contribution in [0.25, 0.3) is 0 Å². The molecule has 2 N–H and O–H groups in total. The van der Waals surface area contributed by atoms with E-state index in [1.165, 1.54) is 10.5 Å². The van der Waals surface area contributed by atoms with Gasteiger partial charge in [0.2, 0.25) is 0 Å². The van der Waals surface area contributed by atoms with Crippen molar-refractivity contribution in [3.05, 3.63) is 63.6 Å². The molecule has 3 rings (SSSR count). The Kier molecular flexibility index (Phi) is 4.27. The predicted molar refractivity (Wildman–Crippen MR) is 87.9 cm³/mol. The molecular weight excluding hydrogens is 309 g/mol. The summed E-state index contributed by atoms with van der Waals surface area (Å²) in [6.07, 6.45) is 1.78. The average molecular weight is 324 g/mol. The van der Waals surface area contributed by atoms with Crippen LogP contribution < -0.4 is 5.73 Å². The summed E-state index contributed by atoms with van der Waals surface area (Å²) in [5.74, 6) is 0. The molecule has 0 fully saturated rings. The van der Waals surface area contributed by atoms with Crippen molar-refractivity contribution in [1.29, 1.82) is 0 Å². The van der Waals surface area contributed by atoms with Gasteiger partial charge in [0.25, 0.3) is 0 Å². The summed E-state index contributed by atoms with van der Waals surface area (Å²) >= 11 is 14.1. The van der Waals surface area contributed by atoms with E-state index in [0.29, 0.717) is 10.3 Å². The molecule has 2 aromatic rings. The first-order chi connectivity index (χ1) is 9.63. The van der Waals surface area contributed by atoms with Crippen LogP contribution >= 0.6 is 35.0 Å². The summed E-state index contributed by atoms with van der Waals surface area (Å²) in [7, 11) is 0. The van der Waals surface area contributed by atoms with Gasteiger partial charge in [-0.25, -0.2) is 0 Å². The van der Waals surface area contributed by atoms with Gasteiger partial charge in [-0.1, -0.05) is 41.4 Å². The lowest BCUT2D eigenvalue weighted by Gasteiger charge is -2.19. The molecule has 2 aromatic carbocycles. The topological polar surface area (TPSA) is 26.0 Å². The Morgan fingerprint density at radius 2 is 2.00 bits per heavy atom. The molecule has 2 unspecified atom stereocenters. The second kappa shape index (κ2) is 5.98. The van der Waals surface area contributed by atoms with Crippen molar-refractivity contribution in [3.8, 4) is 0 Å². The SMILES string of the molecule is NC(Cc1cc(Cl)ccc1Cl)C1Cc2ccccc2S1. The number of hydrogen-bond donors (Lipinski definition) is 1. The molecule has 0 spiro atoms. The fourth-order valence-corrected chi connectivity index (χ4v) is 4.24. The highest BCUT2D eigenvalue weighted by molar-refractivity contribution is 8.00. The Balaban J connectivity index is 1.72. The fraction of sp³-hybridized carbons (Fsp3) is 0.250. The third kappa shape index (κ3) is 2.99. The highest BCUT2D eigenvalue weighted by Crippen LogP contribution is 2.38. The lowest BCUT2D eigenvalue weighted by Crippen LogP contribution is -2.34. The van der Waals surface area contributed by atoms with Crippen LogP contribution in [-0.4, -0.2) is 11.3 Å². The van der Waals surface area contributed by atoms with Crippen molar-refractivity contribution in [2.24, 2.45) is 5.73 Å². The number of nitrogens with two attached hydrogens (primary N) is 1. The monoisotopic (exact) mass is 323 g/mol. The second-order valence-corrected chi connectivity index (χ2v) is 7.20. The number of thioether (sulfide) groups is 1. The van der Waals surface area contributed by atoms with Gasteiger partial charge in [0.15, 0.2) is 0 Å². The molecule has 4 heteroatoms. The lowest BCUT2D eigenvalue weighted by atomic mass is 9.99. The van der Waals surface area contributed by atoms with Crippen molar-refractivity contribution in [2.75, 3.05) is 0 Å². The van der Waals surface area contributed by atoms with Crippen molar-refractivity contribution >= 4 is 35.0 Å². The van der Waals surface area contributed by atoms with Gasteiger partial charge in [-0.05, 0) is 48.2 Å². The molecule has 0 amide bonds. The number of rotatable bonds is 3. The number of hydrogen-bond acceptors (Lipinski definition) is 2.